The van der Waals surface area contributed by atoms with Crippen molar-refractivity contribution in [2.45, 2.75) is 33.4 Å². The van der Waals surface area contributed by atoms with Crippen LogP contribution in [0.15, 0.2) is 36.4 Å². The minimum atomic E-state index is -3.97. The maximum absolute atomic E-state index is 13.5. The lowest BCUT2D eigenvalue weighted by molar-refractivity contribution is -0.139. The van der Waals surface area contributed by atoms with Gasteiger partial charge in [-0.05, 0) is 42.7 Å². The number of sulfonamides is 1. The molecule has 35 heavy (non-hydrogen) atoms. The van der Waals surface area contributed by atoms with E-state index in [1.165, 1.54) is 17.0 Å². The number of amides is 2. The highest BCUT2D eigenvalue weighted by Crippen LogP contribution is 2.35. The van der Waals surface area contributed by atoms with Gasteiger partial charge in [0.25, 0.3) is 0 Å². The summed E-state index contributed by atoms with van der Waals surface area (Å²) in [6, 6.07) is 8.52. The van der Waals surface area contributed by atoms with Gasteiger partial charge in [0.1, 0.15) is 12.6 Å². The van der Waals surface area contributed by atoms with Crippen molar-refractivity contribution in [2.75, 3.05) is 23.7 Å². The van der Waals surface area contributed by atoms with E-state index in [2.05, 4.69) is 5.32 Å². The number of rotatable bonds is 10. The summed E-state index contributed by atoms with van der Waals surface area (Å²) < 4.78 is 26.1. The normalized spacial score (nSPS) is 12.4. The second-order valence-electron chi connectivity index (χ2n) is 8.45. The molecular formula is C23H27Cl4N3O4S. The fraction of sp³-hybridized carbons (Fsp3) is 0.391. The van der Waals surface area contributed by atoms with Crippen molar-refractivity contribution in [1.82, 2.24) is 10.2 Å². The maximum Gasteiger partial charge on any atom is 0.244 e. The zero-order valence-corrected chi connectivity index (χ0v) is 23.5. The van der Waals surface area contributed by atoms with Crippen molar-refractivity contribution in [3.8, 4) is 0 Å². The molecule has 0 fully saturated rings. The summed E-state index contributed by atoms with van der Waals surface area (Å²) in [5.74, 6) is -0.780. The number of carbonyl (C=O) groups excluding carboxylic acids is 2. The van der Waals surface area contributed by atoms with Gasteiger partial charge in [-0.1, -0.05) is 72.4 Å². The number of hydrogen-bond donors (Lipinski definition) is 1. The van der Waals surface area contributed by atoms with Crippen LogP contribution in [0.3, 0.4) is 0 Å². The van der Waals surface area contributed by atoms with E-state index in [0.717, 1.165) is 10.6 Å². The van der Waals surface area contributed by atoms with Crippen molar-refractivity contribution < 1.29 is 18.0 Å². The molecule has 0 saturated carbocycles. The van der Waals surface area contributed by atoms with Gasteiger partial charge in [-0.3, -0.25) is 13.9 Å². The van der Waals surface area contributed by atoms with Crippen molar-refractivity contribution in [3.63, 3.8) is 0 Å². The summed E-state index contributed by atoms with van der Waals surface area (Å²) in [5, 5.41) is 3.49. The number of nitrogens with zero attached hydrogens (tertiary/aromatic N) is 2. The lowest BCUT2D eigenvalue weighted by Gasteiger charge is -2.32. The number of hydrogen-bond acceptors (Lipinski definition) is 4. The molecule has 0 unspecified atom stereocenters. The summed E-state index contributed by atoms with van der Waals surface area (Å²) >= 11 is 24.4. The van der Waals surface area contributed by atoms with E-state index in [4.69, 9.17) is 46.4 Å². The molecule has 0 saturated heterocycles. The minimum absolute atomic E-state index is 0.00161. The molecule has 2 amide bonds. The molecule has 0 aliphatic heterocycles. The molecule has 192 valence electrons. The van der Waals surface area contributed by atoms with Crippen LogP contribution >= 0.6 is 46.4 Å². The van der Waals surface area contributed by atoms with Crippen LogP contribution in [0.5, 0.6) is 0 Å². The highest BCUT2D eigenvalue weighted by molar-refractivity contribution is 7.92. The van der Waals surface area contributed by atoms with Gasteiger partial charge in [0.2, 0.25) is 21.8 Å². The van der Waals surface area contributed by atoms with Crippen LogP contribution in [0, 0.1) is 5.92 Å². The van der Waals surface area contributed by atoms with E-state index in [1.807, 2.05) is 13.8 Å². The molecule has 1 N–H and O–H groups in total. The largest absolute Gasteiger partial charge is 0.354 e. The average molecular weight is 583 g/mol. The van der Waals surface area contributed by atoms with Crippen LogP contribution < -0.4 is 9.62 Å². The Morgan fingerprint density at radius 2 is 1.60 bits per heavy atom. The van der Waals surface area contributed by atoms with Crippen LogP contribution in [0.25, 0.3) is 0 Å². The van der Waals surface area contributed by atoms with Crippen LogP contribution in [0.4, 0.5) is 5.69 Å². The van der Waals surface area contributed by atoms with Gasteiger partial charge in [-0.15, -0.1) is 0 Å². The van der Waals surface area contributed by atoms with Gasteiger partial charge in [0, 0.05) is 18.1 Å². The van der Waals surface area contributed by atoms with Crippen LogP contribution in [-0.2, 0) is 26.2 Å². The number of anilines is 1. The fourth-order valence-electron chi connectivity index (χ4n) is 3.17. The summed E-state index contributed by atoms with van der Waals surface area (Å²) in [7, 11) is -3.97. The molecule has 1 atom stereocenters. The Morgan fingerprint density at radius 1 is 0.971 bits per heavy atom. The Hall–Kier alpha value is -1.71. The zero-order chi connectivity index (χ0) is 26.5. The van der Waals surface area contributed by atoms with Crippen molar-refractivity contribution in [1.29, 1.82) is 0 Å². The molecule has 0 heterocycles. The zero-order valence-electron chi connectivity index (χ0n) is 19.7. The van der Waals surface area contributed by atoms with Crippen molar-refractivity contribution >= 4 is 73.9 Å². The van der Waals surface area contributed by atoms with Crippen LogP contribution in [-0.4, -0.2) is 50.5 Å². The average Bonchev–Trinajstić information content (AvgIpc) is 2.75. The molecule has 0 aromatic heterocycles. The third-order valence-corrected chi connectivity index (χ3v) is 7.42. The fourth-order valence-corrected chi connectivity index (χ4v) is 4.92. The highest BCUT2D eigenvalue weighted by Gasteiger charge is 2.31. The van der Waals surface area contributed by atoms with E-state index in [-0.39, 0.29) is 39.1 Å². The van der Waals surface area contributed by atoms with Crippen molar-refractivity contribution in [3.05, 3.63) is 62.1 Å². The third kappa shape index (κ3) is 8.43. The summed E-state index contributed by atoms with van der Waals surface area (Å²) in [6.45, 7) is 5.32. The third-order valence-electron chi connectivity index (χ3n) is 5.03. The topological polar surface area (TPSA) is 86.8 Å². The van der Waals surface area contributed by atoms with Gasteiger partial charge < -0.3 is 10.2 Å². The van der Waals surface area contributed by atoms with E-state index in [1.54, 1.807) is 31.2 Å². The lowest BCUT2D eigenvalue weighted by atomic mass is 10.1. The second-order valence-corrected chi connectivity index (χ2v) is 12.0. The Bertz CT molecular complexity index is 1190. The van der Waals surface area contributed by atoms with Crippen LogP contribution in [0.2, 0.25) is 20.1 Å². The Kier molecular flexibility index (Phi) is 10.5. The molecular weight excluding hydrogens is 556 g/mol. The Morgan fingerprint density at radius 3 is 2.17 bits per heavy atom. The van der Waals surface area contributed by atoms with E-state index in [0.29, 0.717) is 17.1 Å². The highest BCUT2D eigenvalue weighted by atomic mass is 35.5. The SMILES string of the molecule is CC(C)CNC(=O)[C@@H](C)N(Cc1cccc(Cl)c1)C(=O)CN(c1cc(Cl)c(Cl)cc1Cl)S(C)(=O)=O. The van der Waals surface area contributed by atoms with E-state index >= 15 is 0 Å². The summed E-state index contributed by atoms with van der Waals surface area (Å²) in [6.07, 6.45) is 0.944. The smallest absolute Gasteiger partial charge is 0.244 e. The molecule has 0 radical (unpaired) electrons. The van der Waals surface area contributed by atoms with E-state index < -0.39 is 28.5 Å². The Balaban J connectivity index is 2.44. The second kappa shape index (κ2) is 12.5. The molecule has 2 aromatic carbocycles. The van der Waals surface area contributed by atoms with Gasteiger partial charge >= 0.3 is 0 Å². The number of benzene rings is 2. The first kappa shape index (κ1) is 29.5. The summed E-state index contributed by atoms with van der Waals surface area (Å²) in [5.41, 5.74) is 0.671. The molecule has 0 aliphatic rings. The first-order valence-corrected chi connectivity index (χ1v) is 14.0. The first-order valence-electron chi connectivity index (χ1n) is 10.6. The first-order chi connectivity index (χ1) is 16.2. The molecule has 12 heteroatoms. The standard InChI is InChI=1S/C23H27Cl4N3O4S/c1-14(2)11-28-23(32)15(3)29(12-16-6-5-7-17(24)8-16)22(31)13-30(35(4,33)34)21-10-19(26)18(25)9-20(21)27/h5-10,14-15H,11-13H2,1-4H3,(H,28,32)/t15-/m1/s1. The predicted molar refractivity (Wildman–Crippen MR) is 143 cm³/mol. The quantitative estimate of drug-likeness (QED) is 0.387. The van der Waals surface area contributed by atoms with Gasteiger partial charge in [0.15, 0.2) is 0 Å². The maximum atomic E-state index is 13.5. The summed E-state index contributed by atoms with van der Waals surface area (Å²) in [4.78, 5) is 27.6. The predicted octanol–water partition coefficient (Wildman–Crippen LogP) is 5.26. The number of halogens is 4. The van der Waals surface area contributed by atoms with Crippen LogP contribution in [0.1, 0.15) is 26.3 Å². The molecule has 0 aliphatic carbocycles. The molecule has 7 nitrogen and oxygen atoms in total. The van der Waals surface area contributed by atoms with E-state index in [9.17, 15) is 18.0 Å². The number of carbonyl (C=O) groups is 2. The van der Waals surface area contributed by atoms with Crippen molar-refractivity contribution in [2.24, 2.45) is 5.92 Å². The number of nitrogens with one attached hydrogen (secondary N) is 1. The molecule has 0 bridgehead atoms. The molecule has 2 aromatic rings. The van der Waals surface area contributed by atoms with Gasteiger partial charge in [-0.25, -0.2) is 8.42 Å². The molecule has 0 spiro atoms. The monoisotopic (exact) mass is 581 g/mol. The lowest BCUT2D eigenvalue weighted by Crippen LogP contribution is -2.51. The molecule has 2 rings (SSSR count). The Labute approximate surface area is 226 Å². The van der Waals surface area contributed by atoms with Gasteiger partial charge in [-0.2, -0.15) is 0 Å². The van der Waals surface area contributed by atoms with Gasteiger partial charge in [0.05, 0.1) is 27.0 Å². The minimum Gasteiger partial charge on any atom is -0.354 e.